The SMILES string of the molecule is NCc1cc(O)c(N)nc1OC(F)(F)F. The van der Waals surface area contributed by atoms with Gasteiger partial charge in [0.25, 0.3) is 0 Å². The third-order valence-corrected chi connectivity index (χ3v) is 1.50. The molecule has 0 unspecified atom stereocenters. The third-order valence-electron chi connectivity index (χ3n) is 1.50. The van der Waals surface area contributed by atoms with Crippen LogP contribution in [0.5, 0.6) is 11.6 Å². The van der Waals surface area contributed by atoms with Gasteiger partial charge in [0.1, 0.15) is 0 Å². The summed E-state index contributed by atoms with van der Waals surface area (Å²) >= 11 is 0. The van der Waals surface area contributed by atoms with Crippen LogP contribution in [0.25, 0.3) is 0 Å². The van der Waals surface area contributed by atoms with Gasteiger partial charge in [-0.15, -0.1) is 13.2 Å². The summed E-state index contributed by atoms with van der Waals surface area (Å²) in [6.45, 7) is -0.258. The normalized spacial score (nSPS) is 11.5. The molecule has 15 heavy (non-hydrogen) atoms. The van der Waals surface area contributed by atoms with E-state index >= 15 is 0 Å². The summed E-state index contributed by atoms with van der Waals surface area (Å²) in [5.41, 5.74) is 10.2. The van der Waals surface area contributed by atoms with Gasteiger partial charge in [0, 0.05) is 12.1 Å². The van der Waals surface area contributed by atoms with Crippen LogP contribution in [0.2, 0.25) is 0 Å². The van der Waals surface area contributed by atoms with Crippen LogP contribution in [0.1, 0.15) is 5.56 Å². The predicted octanol–water partition coefficient (Wildman–Crippen LogP) is 0.727. The van der Waals surface area contributed by atoms with E-state index in [1.54, 1.807) is 0 Å². The Balaban J connectivity index is 3.11. The van der Waals surface area contributed by atoms with Gasteiger partial charge in [-0.2, -0.15) is 4.98 Å². The number of anilines is 1. The number of aromatic nitrogens is 1. The highest BCUT2D eigenvalue weighted by molar-refractivity contribution is 5.50. The molecule has 0 radical (unpaired) electrons. The van der Waals surface area contributed by atoms with Crippen molar-refractivity contribution in [3.05, 3.63) is 11.6 Å². The molecule has 84 valence electrons. The number of pyridine rings is 1. The minimum Gasteiger partial charge on any atom is -0.504 e. The van der Waals surface area contributed by atoms with Crippen molar-refractivity contribution < 1.29 is 23.0 Å². The molecule has 1 aromatic heterocycles. The molecule has 0 atom stereocenters. The first-order chi connectivity index (χ1) is 6.83. The minimum atomic E-state index is -4.87. The summed E-state index contributed by atoms with van der Waals surface area (Å²) in [5.74, 6) is -1.64. The van der Waals surface area contributed by atoms with Gasteiger partial charge in [-0.05, 0) is 6.07 Å². The van der Waals surface area contributed by atoms with Gasteiger partial charge in [0.2, 0.25) is 5.88 Å². The van der Waals surface area contributed by atoms with Crippen molar-refractivity contribution in [2.75, 3.05) is 5.73 Å². The molecule has 0 aliphatic heterocycles. The summed E-state index contributed by atoms with van der Waals surface area (Å²) in [5, 5.41) is 9.07. The Morgan fingerprint density at radius 3 is 2.53 bits per heavy atom. The van der Waals surface area contributed by atoms with E-state index in [-0.39, 0.29) is 12.1 Å². The summed E-state index contributed by atoms with van der Waals surface area (Å²) in [6, 6.07) is 0.976. The lowest BCUT2D eigenvalue weighted by Gasteiger charge is -2.12. The number of nitrogens with two attached hydrogens (primary N) is 2. The van der Waals surface area contributed by atoms with E-state index in [1.807, 2.05) is 0 Å². The Morgan fingerprint density at radius 1 is 1.47 bits per heavy atom. The van der Waals surface area contributed by atoms with E-state index in [4.69, 9.17) is 16.6 Å². The molecule has 5 N–H and O–H groups in total. The fraction of sp³-hybridized carbons (Fsp3) is 0.286. The number of aromatic hydroxyl groups is 1. The molecule has 0 saturated carbocycles. The van der Waals surface area contributed by atoms with Crippen LogP contribution in [0.15, 0.2) is 6.07 Å². The van der Waals surface area contributed by atoms with E-state index in [9.17, 15) is 13.2 Å². The molecule has 5 nitrogen and oxygen atoms in total. The number of ether oxygens (including phenoxy) is 1. The van der Waals surface area contributed by atoms with E-state index < -0.39 is 23.8 Å². The smallest absolute Gasteiger partial charge is 0.504 e. The maximum absolute atomic E-state index is 11.9. The van der Waals surface area contributed by atoms with E-state index in [0.29, 0.717) is 0 Å². The largest absolute Gasteiger partial charge is 0.574 e. The molecule has 0 amide bonds. The summed E-state index contributed by atoms with van der Waals surface area (Å²) in [7, 11) is 0. The fourth-order valence-corrected chi connectivity index (χ4v) is 0.883. The first-order valence-corrected chi connectivity index (χ1v) is 3.77. The predicted molar refractivity (Wildman–Crippen MR) is 44.9 cm³/mol. The van der Waals surface area contributed by atoms with Crippen LogP contribution in [0, 0.1) is 0 Å². The molecule has 1 heterocycles. The van der Waals surface area contributed by atoms with Crippen molar-refractivity contribution in [1.82, 2.24) is 4.98 Å². The fourth-order valence-electron chi connectivity index (χ4n) is 0.883. The average molecular weight is 223 g/mol. The number of hydrogen-bond donors (Lipinski definition) is 3. The van der Waals surface area contributed by atoms with Gasteiger partial charge in [0.05, 0.1) is 0 Å². The molecule has 1 rings (SSSR count). The van der Waals surface area contributed by atoms with E-state index in [1.165, 1.54) is 0 Å². The van der Waals surface area contributed by atoms with Crippen molar-refractivity contribution in [3.63, 3.8) is 0 Å². The topological polar surface area (TPSA) is 94.4 Å². The third kappa shape index (κ3) is 2.88. The van der Waals surface area contributed by atoms with E-state index in [2.05, 4.69) is 9.72 Å². The maximum Gasteiger partial charge on any atom is 0.574 e. The molecule has 0 spiro atoms. The molecule has 0 saturated heterocycles. The minimum absolute atomic E-state index is 0.0842. The molecule has 0 fully saturated rings. The second kappa shape index (κ2) is 3.81. The zero-order valence-electron chi connectivity index (χ0n) is 7.38. The Kier molecular flexibility index (Phi) is 2.89. The van der Waals surface area contributed by atoms with Gasteiger partial charge in [-0.25, -0.2) is 0 Å². The average Bonchev–Trinajstić information content (AvgIpc) is 2.08. The van der Waals surface area contributed by atoms with Gasteiger partial charge in [-0.1, -0.05) is 0 Å². The summed E-state index contributed by atoms with van der Waals surface area (Å²) < 4.78 is 39.2. The zero-order chi connectivity index (χ0) is 11.6. The molecule has 1 aromatic rings. The molecule has 0 aliphatic carbocycles. The van der Waals surface area contributed by atoms with Crippen molar-refractivity contribution in [3.8, 4) is 11.6 Å². The summed E-state index contributed by atoms with van der Waals surface area (Å²) in [6.07, 6.45) is -4.87. The molecular formula is C7H8F3N3O2. The first-order valence-electron chi connectivity index (χ1n) is 3.77. The lowest BCUT2D eigenvalue weighted by Crippen LogP contribution is -2.20. The number of hydrogen-bond acceptors (Lipinski definition) is 5. The maximum atomic E-state index is 11.9. The van der Waals surface area contributed by atoms with Crippen LogP contribution in [0.4, 0.5) is 19.0 Å². The van der Waals surface area contributed by atoms with Crippen LogP contribution in [0.3, 0.4) is 0 Å². The number of nitrogens with zero attached hydrogens (tertiary/aromatic N) is 1. The Morgan fingerprint density at radius 2 is 2.07 bits per heavy atom. The highest BCUT2D eigenvalue weighted by Crippen LogP contribution is 2.29. The van der Waals surface area contributed by atoms with Crippen molar-refractivity contribution >= 4 is 5.82 Å². The Hall–Kier alpha value is -1.70. The molecule has 0 aliphatic rings. The van der Waals surface area contributed by atoms with Crippen molar-refractivity contribution in [2.24, 2.45) is 5.73 Å². The second-order valence-corrected chi connectivity index (χ2v) is 2.61. The lowest BCUT2D eigenvalue weighted by molar-refractivity contribution is -0.276. The van der Waals surface area contributed by atoms with Crippen molar-refractivity contribution in [2.45, 2.75) is 12.9 Å². The molecule has 8 heteroatoms. The van der Waals surface area contributed by atoms with Crippen LogP contribution in [-0.4, -0.2) is 16.5 Å². The van der Waals surface area contributed by atoms with E-state index in [0.717, 1.165) is 6.07 Å². The molecule has 0 aromatic carbocycles. The lowest BCUT2D eigenvalue weighted by atomic mass is 10.2. The number of halogens is 3. The quantitative estimate of drug-likeness (QED) is 0.686. The standard InChI is InChI=1S/C7H8F3N3O2/c8-7(9,10)15-6-3(2-11)1-4(14)5(12)13-6/h1,14H,2,11H2,(H2,12,13). The monoisotopic (exact) mass is 223 g/mol. The molecule has 0 bridgehead atoms. The number of alkyl halides is 3. The zero-order valence-corrected chi connectivity index (χ0v) is 7.38. The van der Waals surface area contributed by atoms with Gasteiger partial charge < -0.3 is 21.3 Å². The Bertz CT molecular complexity index is 367. The molecular weight excluding hydrogens is 215 g/mol. The number of rotatable bonds is 2. The highest BCUT2D eigenvalue weighted by atomic mass is 19.4. The Labute approximate surface area is 82.5 Å². The van der Waals surface area contributed by atoms with Crippen LogP contribution >= 0.6 is 0 Å². The summed E-state index contributed by atoms with van der Waals surface area (Å²) in [4.78, 5) is 3.23. The van der Waals surface area contributed by atoms with Crippen molar-refractivity contribution in [1.29, 1.82) is 0 Å². The van der Waals surface area contributed by atoms with Gasteiger partial charge >= 0.3 is 6.36 Å². The second-order valence-electron chi connectivity index (χ2n) is 2.61. The van der Waals surface area contributed by atoms with Crippen LogP contribution in [-0.2, 0) is 6.54 Å². The van der Waals surface area contributed by atoms with Gasteiger partial charge in [0.15, 0.2) is 11.6 Å². The number of nitrogen functional groups attached to an aromatic ring is 1. The van der Waals surface area contributed by atoms with Gasteiger partial charge in [-0.3, -0.25) is 0 Å². The van der Waals surface area contributed by atoms with Crippen LogP contribution < -0.4 is 16.2 Å². The first kappa shape index (κ1) is 11.4. The highest BCUT2D eigenvalue weighted by Gasteiger charge is 2.33.